The van der Waals surface area contributed by atoms with Crippen LogP contribution in [0.15, 0.2) is 24.3 Å². The van der Waals surface area contributed by atoms with Gasteiger partial charge in [0.05, 0.1) is 6.04 Å². The van der Waals surface area contributed by atoms with Crippen LogP contribution in [0.1, 0.15) is 30.9 Å². The van der Waals surface area contributed by atoms with Gasteiger partial charge >= 0.3 is 0 Å². The van der Waals surface area contributed by atoms with E-state index in [4.69, 9.17) is 5.73 Å². The first-order chi connectivity index (χ1) is 7.81. The summed E-state index contributed by atoms with van der Waals surface area (Å²) in [4.78, 5) is 0. The number of halogens is 1. The highest BCUT2D eigenvalue weighted by Crippen LogP contribution is 2.25. The van der Waals surface area contributed by atoms with Gasteiger partial charge in [0, 0.05) is 11.6 Å². The molecule has 1 heterocycles. The Hall–Kier alpha value is -0.970. The van der Waals surface area contributed by atoms with E-state index in [9.17, 15) is 4.39 Å². The summed E-state index contributed by atoms with van der Waals surface area (Å²) in [5, 5.41) is 0. The van der Waals surface area contributed by atoms with Gasteiger partial charge in [0.15, 0.2) is 0 Å². The molecule has 16 heavy (non-hydrogen) atoms. The maximum absolute atomic E-state index is 13.5. The molecule has 1 aliphatic rings. The molecule has 0 aromatic heterocycles. The molecule has 0 spiro atoms. The molecule has 0 radical (unpaired) electrons. The Labute approximate surface area is 95.2 Å². The van der Waals surface area contributed by atoms with E-state index in [2.05, 4.69) is 10.9 Å². The lowest BCUT2D eigenvalue weighted by Crippen LogP contribution is -2.31. The Balaban J connectivity index is 1.96. The summed E-state index contributed by atoms with van der Waals surface area (Å²) in [6.07, 6.45) is 2.96. The minimum Gasteiger partial charge on any atom is -0.330 e. The molecule has 4 N–H and O–H groups in total. The quantitative estimate of drug-likeness (QED) is 0.724. The Morgan fingerprint density at radius 2 is 2.12 bits per heavy atom. The lowest BCUT2D eigenvalue weighted by Gasteiger charge is -2.10. The largest absolute Gasteiger partial charge is 0.330 e. The van der Waals surface area contributed by atoms with Crippen molar-refractivity contribution >= 4 is 0 Å². The molecule has 1 aliphatic heterocycles. The van der Waals surface area contributed by atoms with E-state index < -0.39 is 0 Å². The van der Waals surface area contributed by atoms with Crippen LogP contribution >= 0.6 is 0 Å². The Morgan fingerprint density at radius 1 is 1.31 bits per heavy atom. The number of benzene rings is 1. The zero-order valence-corrected chi connectivity index (χ0v) is 9.25. The van der Waals surface area contributed by atoms with Crippen LogP contribution in [0.5, 0.6) is 0 Å². The summed E-state index contributed by atoms with van der Waals surface area (Å²) >= 11 is 0. The van der Waals surface area contributed by atoms with Crippen molar-refractivity contribution in [2.75, 3.05) is 6.54 Å². The highest BCUT2D eigenvalue weighted by Gasteiger charge is 2.25. The van der Waals surface area contributed by atoms with Crippen molar-refractivity contribution in [3.63, 3.8) is 0 Å². The first-order valence-corrected chi connectivity index (χ1v) is 5.77. The van der Waals surface area contributed by atoms with Gasteiger partial charge in [-0.05, 0) is 31.9 Å². The van der Waals surface area contributed by atoms with Crippen molar-refractivity contribution in [3.05, 3.63) is 35.6 Å². The van der Waals surface area contributed by atoms with Crippen molar-refractivity contribution in [1.29, 1.82) is 0 Å². The van der Waals surface area contributed by atoms with Gasteiger partial charge in [0.25, 0.3) is 0 Å². The standard InChI is InChI=1S/C12H18FN3/c13-11-6-2-1-5-10(11)12-8-9(15-16-12)4-3-7-14/h1-2,5-6,9,12,15-16H,3-4,7-8,14H2. The monoisotopic (exact) mass is 223 g/mol. The number of hydrogen-bond donors (Lipinski definition) is 3. The van der Waals surface area contributed by atoms with Crippen LogP contribution in [-0.2, 0) is 0 Å². The van der Waals surface area contributed by atoms with Gasteiger partial charge in [-0.3, -0.25) is 5.43 Å². The molecule has 88 valence electrons. The van der Waals surface area contributed by atoms with E-state index in [1.165, 1.54) is 6.07 Å². The lowest BCUT2D eigenvalue weighted by atomic mass is 9.99. The highest BCUT2D eigenvalue weighted by atomic mass is 19.1. The molecule has 3 nitrogen and oxygen atoms in total. The van der Waals surface area contributed by atoms with Crippen molar-refractivity contribution < 1.29 is 4.39 Å². The summed E-state index contributed by atoms with van der Waals surface area (Å²) < 4.78 is 13.5. The van der Waals surface area contributed by atoms with Gasteiger partial charge in [0.1, 0.15) is 5.82 Å². The summed E-state index contributed by atoms with van der Waals surface area (Å²) in [6.45, 7) is 0.711. The number of hydrogen-bond acceptors (Lipinski definition) is 3. The van der Waals surface area contributed by atoms with Crippen molar-refractivity contribution in [2.24, 2.45) is 5.73 Å². The zero-order chi connectivity index (χ0) is 11.4. The average Bonchev–Trinajstić information content (AvgIpc) is 2.75. The van der Waals surface area contributed by atoms with Crippen LogP contribution in [-0.4, -0.2) is 12.6 Å². The molecule has 2 unspecified atom stereocenters. The maximum Gasteiger partial charge on any atom is 0.128 e. The fraction of sp³-hybridized carbons (Fsp3) is 0.500. The Kier molecular flexibility index (Phi) is 3.88. The number of nitrogens with two attached hydrogens (primary N) is 1. The molecule has 1 aromatic rings. The number of hydrazine groups is 1. The zero-order valence-electron chi connectivity index (χ0n) is 9.25. The van der Waals surface area contributed by atoms with Gasteiger partial charge in [-0.1, -0.05) is 18.2 Å². The SMILES string of the molecule is NCCCC1CC(c2ccccc2F)NN1. The van der Waals surface area contributed by atoms with E-state index in [0.29, 0.717) is 12.6 Å². The second-order valence-corrected chi connectivity index (χ2v) is 4.23. The molecule has 4 heteroatoms. The van der Waals surface area contributed by atoms with Crippen molar-refractivity contribution in [1.82, 2.24) is 10.9 Å². The molecule has 1 fully saturated rings. The number of rotatable bonds is 4. The van der Waals surface area contributed by atoms with E-state index >= 15 is 0 Å². The third kappa shape index (κ3) is 2.58. The van der Waals surface area contributed by atoms with E-state index in [0.717, 1.165) is 24.8 Å². The van der Waals surface area contributed by atoms with Crippen LogP contribution in [0.25, 0.3) is 0 Å². The molecule has 1 saturated heterocycles. The third-order valence-electron chi connectivity index (χ3n) is 3.02. The van der Waals surface area contributed by atoms with Crippen LogP contribution in [0.2, 0.25) is 0 Å². The van der Waals surface area contributed by atoms with Crippen molar-refractivity contribution in [3.8, 4) is 0 Å². The normalized spacial score (nSPS) is 24.9. The predicted molar refractivity (Wildman–Crippen MR) is 62.1 cm³/mol. The smallest absolute Gasteiger partial charge is 0.128 e. The van der Waals surface area contributed by atoms with E-state index in [1.54, 1.807) is 6.07 Å². The molecule has 2 rings (SSSR count). The second-order valence-electron chi connectivity index (χ2n) is 4.23. The van der Waals surface area contributed by atoms with Crippen LogP contribution in [0.3, 0.4) is 0 Å². The van der Waals surface area contributed by atoms with Crippen LogP contribution < -0.4 is 16.6 Å². The maximum atomic E-state index is 13.5. The topological polar surface area (TPSA) is 50.1 Å². The van der Waals surface area contributed by atoms with Crippen LogP contribution in [0.4, 0.5) is 4.39 Å². The summed E-state index contributed by atoms with van der Waals surface area (Å²) in [6, 6.07) is 7.39. The van der Waals surface area contributed by atoms with Gasteiger partial charge in [0.2, 0.25) is 0 Å². The first-order valence-electron chi connectivity index (χ1n) is 5.77. The number of nitrogens with one attached hydrogen (secondary N) is 2. The molecule has 0 bridgehead atoms. The summed E-state index contributed by atoms with van der Waals surface area (Å²) in [5.41, 5.74) is 12.5. The minimum absolute atomic E-state index is 0.0731. The fourth-order valence-electron chi connectivity index (χ4n) is 2.14. The summed E-state index contributed by atoms with van der Waals surface area (Å²) in [5.74, 6) is -0.138. The van der Waals surface area contributed by atoms with Gasteiger partial charge in [-0.2, -0.15) is 0 Å². The van der Waals surface area contributed by atoms with E-state index in [-0.39, 0.29) is 11.9 Å². The summed E-state index contributed by atoms with van der Waals surface area (Å²) in [7, 11) is 0. The fourth-order valence-corrected chi connectivity index (χ4v) is 2.14. The molecule has 1 aromatic carbocycles. The predicted octanol–water partition coefficient (Wildman–Crippen LogP) is 1.47. The molecule has 2 atom stereocenters. The van der Waals surface area contributed by atoms with E-state index in [1.807, 2.05) is 12.1 Å². The van der Waals surface area contributed by atoms with Crippen LogP contribution in [0, 0.1) is 5.82 Å². The molecular formula is C12H18FN3. The molecular weight excluding hydrogens is 205 g/mol. The van der Waals surface area contributed by atoms with Crippen molar-refractivity contribution in [2.45, 2.75) is 31.3 Å². The molecule has 0 aliphatic carbocycles. The van der Waals surface area contributed by atoms with Gasteiger partial charge in [-0.15, -0.1) is 0 Å². The van der Waals surface area contributed by atoms with Gasteiger partial charge in [-0.25, -0.2) is 9.82 Å². The molecule has 0 saturated carbocycles. The van der Waals surface area contributed by atoms with Gasteiger partial charge < -0.3 is 5.73 Å². The lowest BCUT2D eigenvalue weighted by molar-refractivity contribution is 0.502. The molecule has 0 amide bonds. The Bertz CT molecular complexity index is 343. The first kappa shape index (κ1) is 11.5. The Morgan fingerprint density at radius 3 is 2.88 bits per heavy atom. The highest BCUT2D eigenvalue weighted by molar-refractivity contribution is 5.22. The average molecular weight is 223 g/mol. The minimum atomic E-state index is -0.138. The second kappa shape index (κ2) is 5.39. The third-order valence-corrected chi connectivity index (χ3v) is 3.02.